The van der Waals surface area contributed by atoms with Crippen LogP contribution >= 0.6 is 0 Å². The lowest BCUT2D eigenvalue weighted by atomic mass is 9.77. The van der Waals surface area contributed by atoms with Crippen molar-refractivity contribution in [1.29, 1.82) is 0 Å². The molecule has 1 saturated carbocycles. The van der Waals surface area contributed by atoms with E-state index in [1.54, 1.807) is 17.0 Å². The highest BCUT2D eigenvalue weighted by atomic mass is 19.2. The molecular formula is C19H19F3N6. The summed E-state index contributed by atoms with van der Waals surface area (Å²) in [6, 6.07) is 1.46. The minimum Gasteiger partial charge on any atom is -0.327 e. The van der Waals surface area contributed by atoms with E-state index in [2.05, 4.69) is 20.1 Å². The molecule has 146 valence electrons. The average molecular weight is 388 g/mol. The Hall–Kier alpha value is -2.52. The minimum absolute atomic E-state index is 0.169. The Morgan fingerprint density at radius 1 is 1.00 bits per heavy atom. The van der Waals surface area contributed by atoms with Gasteiger partial charge in [-0.25, -0.2) is 18.2 Å². The van der Waals surface area contributed by atoms with Crippen molar-refractivity contribution in [3.05, 3.63) is 58.8 Å². The maximum absolute atomic E-state index is 14.2. The number of rotatable bonds is 2. The van der Waals surface area contributed by atoms with Gasteiger partial charge in [0, 0.05) is 48.9 Å². The first-order valence-electron chi connectivity index (χ1n) is 9.33. The molecular weight excluding hydrogens is 369 g/mol. The molecule has 0 bridgehead atoms. The van der Waals surface area contributed by atoms with E-state index in [0.29, 0.717) is 25.5 Å². The van der Waals surface area contributed by atoms with Crippen LogP contribution in [0.5, 0.6) is 0 Å². The molecule has 1 aromatic carbocycles. The van der Waals surface area contributed by atoms with Crippen LogP contribution in [0.1, 0.15) is 42.0 Å². The summed E-state index contributed by atoms with van der Waals surface area (Å²) in [7, 11) is 0. The summed E-state index contributed by atoms with van der Waals surface area (Å²) in [5.74, 6) is -3.26. The number of benzene rings is 1. The summed E-state index contributed by atoms with van der Waals surface area (Å²) in [6.45, 7) is 1.42. The van der Waals surface area contributed by atoms with Crippen LogP contribution in [0.4, 0.5) is 13.2 Å². The van der Waals surface area contributed by atoms with Gasteiger partial charge in [-0.15, -0.1) is 4.63 Å². The number of fused-ring (bicyclic) bond motifs is 3. The van der Waals surface area contributed by atoms with Gasteiger partial charge in [0.1, 0.15) is 5.82 Å². The molecule has 9 heteroatoms. The molecule has 5 rings (SSSR count). The van der Waals surface area contributed by atoms with Crippen LogP contribution in [0, 0.1) is 17.5 Å². The van der Waals surface area contributed by atoms with Crippen LogP contribution in [-0.4, -0.2) is 36.8 Å². The van der Waals surface area contributed by atoms with Gasteiger partial charge in [0.15, 0.2) is 17.3 Å². The second-order valence-corrected chi connectivity index (χ2v) is 7.61. The van der Waals surface area contributed by atoms with E-state index in [-0.39, 0.29) is 23.6 Å². The van der Waals surface area contributed by atoms with Crippen molar-refractivity contribution in [3.63, 3.8) is 0 Å². The van der Waals surface area contributed by atoms with Crippen molar-refractivity contribution in [2.75, 3.05) is 0 Å². The van der Waals surface area contributed by atoms with Gasteiger partial charge in [-0.2, -0.15) is 10.2 Å². The fourth-order valence-electron chi connectivity index (χ4n) is 4.60. The maximum atomic E-state index is 14.2. The van der Waals surface area contributed by atoms with Gasteiger partial charge >= 0.3 is 0 Å². The Balaban J connectivity index is 1.32. The van der Waals surface area contributed by atoms with Crippen LogP contribution in [-0.2, 0) is 13.1 Å². The van der Waals surface area contributed by atoms with Gasteiger partial charge in [0.2, 0.25) is 0 Å². The van der Waals surface area contributed by atoms with Gasteiger partial charge in [0.05, 0.1) is 11.9 Å². The average Bonchev–Trinajstić information content (AvgIpc) is 3.23. The first-order valence-corrected chi connectivity index (χ1v) is 9.33. The van der Waals surface area contributed by atoms with Gasteiger partial charge < -0.3 is 5.73 Å². The molecule has 3 heterocycles. The monoisotopic (exact) mass is 388 g/mol. The lowest BCUT2D eigenvalue weighted by Gasteiger charge is -2.38. The molecule has 2 aliphatic rings. The molecule has 0 amide bonds. The lowest BCUT2D eigenvalue weighted by Crippen LogP contribution is -2.44. The predicted molar refractivity (Wildman–Crippen MR) is 94.7 cm³/mol. The lowest BCUT2D eigenvalue weighted by molar-refractivity contribution is 0.136. The summed E-state index contributed by atoms with van der Waals surface area (Å²) in [5, 5.41) is 8.66. The summed E-state index contributed by atoms with van der Waals surface area (Å²) in [4.78, 5) is 6.67. The summed E-state index contributed by atoms with van der Waals surface area (Å²) in [5.41, 5.74) is 9.33. The van der Waals surface area contributed by atoms with Gasteiger partial charge in [-0.05, 0) is 30.9 Å². The van der Waals surface area contributed by atoms with Crippen molar-refractivity contribution in [1.82, 2.24) is 24.7 Å². The van der Waals surface area contributed by atoms with Crippen molar-refractivity contribution in [3.8, 4) is 0 Å². The molecule has 2 unspecified atom stereocenters. The molecule has 3 aromatic rings. The normalized spacial score (nSPS) is 25.4. The predicted octanol–water partition coefficient (Wildman–Crippen LogP) is 2.52. The van der Waals surface area contributed by atoms with E-state index in [0.717, 1.165) is 35.9 Å². The molecule has 2 N–H and O–H groups in total. The largest absolute Gasteiger partial charge is 0.327 e. The van der Waals surface area contributed by atoms with Crippen molar-refractivity contribution in [2.24, 2.45) is 5.73 Å². The number of aromatic nitrogens is 4. The summed E-state index contributed by atoms with van der Waals surface area (Å²) < 4.78 is 42.6. The SMILES string of the molecule is NC1CC(N2Cc3nn4nccnc4c3C2)CC[C@@H]1c1cc(F)c(F)cc1F. The van der Waals surface area contributed by atoms with E-state index in [9.17, 15) is 13.2 Å². The Kier molecular flexibility index (Phi) is 4.09. The molecule has 0 saturated heterocycles. The minimum atomic E-state index is -1.17. The number of nitrogens with two attached hydrogens (primary N) is 1. The molecule has 2 aromatic heterocycles. The molecule has 0 radical (unpaired) electrons. The van der Waals surface area contributed by atoms with E-state index in [1.807, 2.05) is 0 Å². The van der Waals surface area contributed by atoms with Gasteiger partial charge in [-0.3, -0.25) is 4.90 Å². The second kappa shape index (κ2) is 6.52. The van der Waals surface area contributed by atoms with Crippen molar-refractivity contribution < 1.29 is 13.2 Å². The first kappa shape index (κ1) is 17.6. The van der Waals surface area contributed by atoms with Crippen LogP contribution in [0.25, 0.3) is 5.65 Å². The van der Waals surface area contributed by atoms with Crippen LogP contribution in [0.3, 0.4) is 0 Å². The zero-order valence-corrected chi connectivity index (χ0v) is 15.0. The first-order chi connectivity index (χ1) is 13.5. The quantitative estimate of drug-likeness (QED) is 0.683. The highest BCUT2D eigenvalue weighted by molar-refractivity contribution is 5.50. The molecule has 0 spiro atoms. The second-order valence-electron chi connectivity index (χ2n) is 7.61. The maximum Gasteiger partial charge on any atom is 0.180 e. The van der Waals surface area contributed by atoms with Crippen LogP contribution in [0.15, 0.2) is 24.5 Å². The third-order valence-electron chi connectivity index (χ3n) is 6.00. The number of hydrogen-bond acceptors (Lipinski definition) is 5. The molecule has 1 fully saturated rings. The topological polar surface area (TPSA) is 72.3 Å². The molecule has 28 heavy (non-hydrogen) atoms. The summed E-state index contributed by atoms with van der Waals surface area (Å²) >= 11 is 0. The number of nitrogens with zero attached hydrogens (tertiary/aromatic N) is 5. The molecule has 6 nitrogen and oxygen atoms in total. The highest BCUT2D eigenvalue weighted by Crippen LogP contribution is 2.38. The zero-order chi connectivity index (χ0) is 19.4. The third kappa shape index (κ3) is 2.77. The van der Waals surface area contributed by atoms with Crippen LogP contribution in [0.2, 0.25) is 0 Å². The van der Waals surface area contributed by atoms with Crippen molar-refractivity contribution in [2.45, 2.75) is 50.4 Å². The molecule has 1 aliphatic carbocycles. The Morgan fingerprint density at radius 2 is 1.82 bits per heavy atom. The zero-order valence-electron chi connectivity index (χ0n) is 15.0. The smallest absolute Gasteiger partial charge is 0.180 e. The standard InChI is InChI=1S/C19H19F3N6/c20-14-7-16(22)15(21)6-12(14)11-2-1-10(5-17(11)23)27-8-13-18(9-27)26-28-19(13)24-3-4-25-28/h3-4,6-7,10-11,17H,1-2,5,8-9,23H2/t10?,11-,17?/m1/s1. The van der Waals surface area contributed by atoms with Gasteiger partial charge in [0.25, 0.3) is 0 Å². The fraction of sp³-hybridized carbons (Fsp3) is 0.421. The van der Waals surface area contributed by atoms with E-state index < -0.39 is 17.5 Å². The number of halogens is 3. The van der Waals surface area contributed by atoms with E-state index in [1.165, 1.54) is 0 Å². The third-order valence-corrected chi connectivity index (χ3v) is 6.00. The van der Waals surface area contributed by atoms with Crippen molar-refractivity contribution >= 4 is 5.65 Å². The fourth-order valence-corrected chi connectivity index (χ4v) is 4.60. The van der Waals surface area contributed by atoms with Crippen LogP contribution < -0.4 is 5.73 Å². The Labute approximate surface area is 159 Å². The van der Waals surface area contributed by atoms with E-state index >= 15 is 0 Å². The van der Waals surface area contributed by atoms with E-state index in [4.69, 9.17) is 5.73 Å². The molecule has 1 aliphatic heterocycles. The molecule has 3 atom stereocenters. The van der Waals surface area contributed by atoms with Gasteiger partial charge in [-0.1, -0.05) is 0 Å². The highest BCUT2D eigenvalue weighted by Gasteiger charge is 2.37. The Morgan fingerprint density at radius 3 is 2.64 bits per heavy atom. The summed E-state index contributed by atoms with van der Waals surface area (Å²) in [6.07, 6.45) is 5.33. The Bertz CT molecular complexity index is 1050. The number of hydrogen-bond donors (Lipinski definition) is 1.